The van der Waals surface area contributed by atoms with E-state index in [0.29, 0.717) is 30.3 Å². The molecule has 220 valence electrons. The minimum Gasteiger partial charge on any atom is -0.346 e. The molecule has 4 heterocycles. The Balaban J connectivity index is 1.76. The van der Waals surface area contributed by atoms with E-state index in [-0.39, 0.29) is 40.2 Å². The third-order valence-electron chi connectivity index (χ3n) is 7.82. The van der Waals surface area contributed by atoms with E-state index in [4.69, 9.17) is 21.3 Å². The molecular formula is C31H36ClFN6O2P+. The second-order valence-electron chi connectivity index (χ2n) is 11.3. The zero-order valence-corrected chi connectivity index (χ0v) is 26.4. The number of piperazine rings is 1. The fourth-order valence-electron chi connectivity index (χ4n) is 5.73. The van der Waals surface area contributed by atoms with Crippen molar-refractivity contribution in [2.45, 2.75) is 52.6 Å². The maximum absolute atomic E-state index is 15.1. The van der Waals surface area contributed by atoms with Crippen LogP contribution in [0, 0.1) is 12.7 Å². The van der Waals surface area contributed by atoms with Gasteiger partial charge in [-0.25, -0.2) is 14.3 Å². The standard InChI is InChI=1S/C31H36ClFN6O2P/c1-8-26(40)37-16-21(6)38(17-20(37)5)31-23-15-24(32)28(22-11-9-10-12-25(22)33)35-30(23)39(42(7,41)36-31)29-19(4)13-14-34-27(29)18(2)3/h8-15,18,20-21,41H,1,16-17H2,2-7H3/q+1/t20-,21+,42?/m1/s1. The number of amides is 1. The Hall–Kier alpha value is -3.39. The third-order valence-corrected chi connectivity index (χ3v) is 9.82. The second kappa shape index (κ2) is 11.4. The average Bonchev–Trinajstić information content (AvgIpc) is 2.94. The van der Waals surface area contributed by atoms with Gasteiger partial charge in [-0.15, -0.1) is 4.67 Å². The predicted molar refractivity (Wildman–Crippen MR) is 169 cm³/mol. The van der Waals surface area contributed by atoms with Crippen LogP contribution in [0.4, 0.5) is 15.9 Å². The van der Waals surface area contributed by atoms with Crippen LogP contribution in [-0.4, -0.2) is 68.2 Å². The van der Waals surface area contributed by atoms with E-state index in [1.807, 2.05) is 40.7 Å². The van der Waals surface area contributed by atoms with Gasteiger partial charge in [-0.2, -0.15) is 0 Å². The van der Waals surface area contributed by atoms with Crippen LogP contribution in [0.1, 0.15) is 50.4 Å². The minimum absolute atomic E-state index is 0.0448. The number of carbonyl (C=O) groups is 1. The van der Waals surface area contributed by atoms with Gasteiger partial charge in [0.1, 0.15) is 18.2 Å². The molecule has 3 aromatic rings. The molecule has 2 aliphatic rings. The summed E-state index contributed by atoms with van der Waals surface area (Å²) in [4.78, 5) is 38.3. The molecule has 5 rings (SSSR count). The van der Waals surface area contributed by atoms with Crippen molar-refractivity contribution in [3.8, 4) is 11.3 Å². The topological polar surface area (TPSA) is 85.2 Å². The molecule has 1 N–H and O–H groups in total. The average molecular weight is 610 g/mol. The number of hydrogen-bond acceptors (Lipinski definition) is 7. The van der Waals surface area contributed by atoms with Crippen molar-refractivity contribution < 1.29 is 14.1 Å². The van der Waals surface area contributed by atoms with E-state index in [1.54, 1.807) is 46.7 Å². The Kier molecular flexibility index (Phi) is 8.14. The number of carbonyl (C=O) groups excluding carboxylic acids is 1. The largest absolute Gasteiger partial charge is 0.358 e. The highest BCUT2D eigenvalue weighted by atomic mass is 35.5. The molecule has 0 saturated carbocycles. The van der Waals surface area contributed by atoms with Gasteiger partial charge in [0.05, 0.1) is 22.0 Å². The molecule has 2 aromatic heterocycles. The van der Waals surface area contributed by atoms with Crippen LogP contribution in [0.5, 0.6) is 0 Å². The number of rotatable bonds is 4. The van der Waals surface area contributed by atoms with Crippen LogP contribution in [0.3, 0.4) is 0 Å². The molecule has 1 unspecified atom stereocenters. The SMILES string of the molecule is C=CC(=O)N1C[C@H](C)N(C2=N[P+](C)(O)N(c3c(C)ccnc3C(C)C)c3nc(-c4ccccc4F)c(Cl)cc32)C[C@H]1C. The van der Waals surface area contributed by atoms with Crippen molar-refractivity contribution in [3.05, 3.63) is 82.9 Å². The summed E-state index contributed by atoms with van der Waals surface area (Å²) < 4.78 is 21.9. The zero-order chi connectivity index (χ0) is 30.5. The van der Waals surface area contributed by atoms with E-state index in [9.17, 15) is 9.69 Å². The van der Waals surface area contributed by atoms with Gasteiger partial charge in [0.15, 0.2) is 11.7 Å². The van der Waals surface area contributed by atoms with Crippen molar-refractivity contribution in [2.24, 2.45) is 4.76 Å². The third kappa shape index (κ3) is 5.19. The summed E-state index contributed by atoms with van der Waals surface area (Å²) in [6.07, 6.45) is 3.09. The number of benzene rings is 1. The molecule has 1 aromatic carbocycles. The first-order chi connectivity index (χ1) is 19.9. The van der Waals surface area contributed by atoms with Gasteiger partial charge in [0.2, 0.25) is 5.91 Å². The van der Waals surface area contributed by atoms with Crippen molar-refractivity contribution in [1.82, 2.24) is 19.8 Å². The Labute approximate surface area is 252 Å². The number of aryl methyl sites for hydroxylation is 1. The fraction of sp³-hybridized carbons (Fsp3) is 0.355. The molecule has 2 aliphatic heterocycles. The lowest BCUT2D eigenvalue weighted by molar-refractivity contribution is -0.130. The molecule has 1 saturated heterocycles. The van der Waals surface area contributed by atoms with Gasteiger partial charge in [-0.1, -0.05) is 48.9 Å². The smallest absolute Gasteiger partial charge is 0.346 e. The number of halogens is 2. The predicted octanol–water partition coefficient (Wildman–Crippen LogP) is 6.76. The Morgan fingerprint density at radius 3 is 2.57 bits per heavy atom. The number of pyridine rings is 2. The quantitative estimate of drug-likeness (QED) is 0.260. The first-order valence-electron chi connectivity index (χ1n) is 14.0. The van der Waals surface area contributed by atoms with Crippen molar-refractivity contribution in [3.63, 3.8) is 0 Å². The number of aromatic nitrogens is 2. The van der Waals surface area contributed by atoms with Gasteiger partial charge in [0, 0.05) is 36.9 Å². The molecule has 0 aliphatic carbocycles. The molecule has 1 fully saturated rings. The number of nitrogens with zero attached hydrogens (tertiary/aromatic N) is 6. The van der Waals surface area contributed by atoms with Crippen LogP contribution < -0.4 is 4.67 Å². The van der Waals surface area contributed by atoms with Crippen molar-refractivity contribution >= 4 is 42.6 Å². The fourth-order valence-corrected chi connectivity index (χ4v) is 7.80. The molecule has 42 heavy (non-hydrogen) atoms. The number of amidine groups is 1. The summed E-state index contributed by atoms with van der Waals surface area (Å²) in [5.74, 6) is 0.451. The highest BCUT2D eigenvalue weighted by Crippen LogP contribution is 2.66. The molecule has 0 radical (unpaired) electrons. The molecule has 1 amide bonds. The maximum Gasteiger partial charge on any atom is 0.358 e. The Morgan fingerprint density at radius 1 is 1.19 bits per heavy atom. The van der Waals surface area contributed by atoms with Crippen LogP contribution in [0.25, 0.3) is 11.3 Å². The van der Waals surface area contributed by atoms with Crippen LogP contribution in [0.15, 0.2) is 60.0 Å². The lowest BCUT2D eigenvalue weighted by Crippen LogP contribution is -2.59. The summed E-state index contributed by atoms with van der Waals surface area (Å²) in [6, 6.07) is 9.76. The molecule has 3 atom stereocenters. The second-order valence-corrected chi connectivity index (χ2v) is 14.1. The van der Waals surface area contributed by atoms with Gasteiger partial charge >= 0.3 is 7.79 Å². The van der Waals surface area contributed by atoms with E-state index in [0.717, 1.165) is 16.9 Å². The highest BCUT2D eigenvalue weighted by molar-refractivity contribution is 7.70. The van der Waals surface area contributed by atoms with E-state index >= 15 is 4.39 Å². The summed E-state index contributed by atoms with van der Waals surface area (Å²) in [6.45, 7) is 16.4. The lowest BCUT2D eigenvalue weighted by Gasteiger charge is -2.46. The van der Waals surface area contributed by atoms with Crippen LogP contribution in [-0.2, 0) is 4.79 Å². The molecule has 8 nitrogen and oxygen atoms in total. The normalized spacial score (nSPS) is 22.2. The van der Waals surface area contributed by atoms with Gasteiger partial charge in [0.25, 0.3) is 0 Å². The van der Waals surface area contributed by atoms with Gasteiger partial charge < -0.3 is 9.80 Å². The molecular weight excluding hydrogens is 574 g/mol. The molecule has 0 spiro atoms. The number of anilines is 2. The van der Waals surface area contributed by atoms with Gasteiger partial charge in [-0.3, -0.25) is 9.78 Å². The molecule has 0 bridgehead atoms. The summed E-state index contributed by atoms with van der Waals surface area (Å²) in [7, 11) is -3.30. The van der Waals surface area contributed by atoms with E-state index < -0.39 is 13.6 Å². The number of fused-ring (bicyclic) bond motifs is 1. The van der Waals surface area contributed by atoms with E-state index in [1.165, 1.54) is 12.1 Å². The Morgan fingerprint density at radius 2 is 1.90 bits per heavy atom. The lowest BCUT2D eigenvalue weighted by atomic mass is 10.0. The maximum atomic E-state index is 15.1. The first-order valence-corrected chi connectivity index (χ1v) is 16.4. The summed E-state index contributed by atoms with van der Waals surface area (Å²) in [5, 5.41) is 0.263. The highest BCUT2D eigenvalue weighted by Gasteiger charge is 2.51. The summed E-state index contributed by atoms with van der Waals surface area (Å²) in [5.41, 5.74) is 3.58. The Bertz CT molecular complexity index is 1600. The monoisotopic (exact) mass is 609 g/mol. The van der Waals surface area contributed by atoms with Crippen LogP contribution >= 0.6 is 19.4 Å². The molecule has 11 heteroatoms. The zero-order valence-electron chi connectivity index (χ0n) is 24.7. The first kappa shape index (κ1) is 30.1. The van der Waals surface area contributed by atoms with Crippen molar-refractivity contribution in [2.75, 3.05) is 24.4 Å². The van der Waals surface area contributed by atoms with Crippen molar-refractivity contribution in [1.29, 1.82) is 0 Å². The minimum atomic E-state index is -3.30. The van der Waals surface area contributed by atoms with Gasteiger partial charge in [-0.05, 0) is 62.6 Å². The van der Waals surface area contributed by atoms with Crippen LogP contribution in [0.2, 0.25) is 5.02 Å². The number of hydrogen-bond donors (Lipinski definition) is 1. The van der Waals surface area contributed by atoms with E-state index in [2.05, 4.69) is 16.5 Å². The summed E-state index contributed by atoms with van der Waals surface area (Å²) >= 11 is 6.85.